The van der Waals surface area contributed by atoms with E-state index in [1.54, 1.807) is 11.3 Å². The van der Waals surface area contributed by atoms with Crippen LogP contribution in [0.1, 0.15) is 43.4 Å². The van der Waals surface area contributed by atoms with E-state index in [-0.39, 0.29) is 17.9 Å². The molecule has 3 rings (SSSR count). The number of nitrogens with one attached hydrogen (secondary N) is 1. The second-order valence-corrected chi connectivity index (χ2v) is 7.44. The van der Waals surface area contributed by atoms with Crippen molar-refractivity contribution in [1.29, 1.82) is 0 Å². The summed E-state index contributed by atoms with van der Waals surface area (Å²) in [6.45, 7) is 1.58. The second-order valence-electron chi connectivity index (χ2n) is 6.40. The predicted octanol–water partition coefficient (Wildman–Crippen LogP) is 2.59. The molecule has 0 atom stereocenters. The Hall–Kier alpha value is -1.36. The first-order chi connectivity index (χ1) is 10.7. The summed E-state index contributed by atoms with van der Waals surface area (Å²) in [6, 6.07) is 4.19. The number of carbonyl (C=O) groups excluding carboxylic acids is 2. The fraction of sp³-hybridized carbons (Fsp3) is 0.647. The normalized spacial score (nSPS) is 20.3. The van der Waals surface area contributed by atoms with Gasteiger partial charge in [0, 0.05) is 29.9 Å². The summed E-state index contributed by atoms with van der Waals surface area (Å²) in [7, 11) is 0. The van der Waals surface area contributed by atoms with Gasteiger partial charge in [-0.05, 0) is 37.1 Å². The lowest BCUT2D eigenvalue weighted by Gasteiger charge is -2.34. The average molecular weight is 320 g/mol. The van der Waals surface area contributed by atoms with E-state index in [0.717, 1.165) is 43.6 Å². The van der Waals surface area contributed by atoms with Crippen molar-refractivity contribution in [2.45, 2.75) is 51.0 Å². The van der Waals surface area contributed by atoms with Crippen LogP contribution >= 0.6 is 11.3 Å². The van der Waals surface area contributed by atoms with E-state index in [4.69, 9.17) is 0 Å². The number of amides is 2. The predicted molar refractivity (Wildman–Crippen MR) is 87.7 cm³/mol. The Bertz CT molecular complexity index is 501. The van der Waals surface area contributed by atoms with Crippen molar-refractivity contribution in [3.63, 3.8) is 0 Å². The molecule has 0 spiro atoms. The van der Waals surface area contributed by atoms with Gasteiger partial charge < -0.3 is 10.2 Å². The number of thiophene rings is 1. The molecular formula is C17H24N2O2S. The molecule has 2 fully saturated rings. The van der Waals surface area contributed by atoms with Gasteiger partial charge in [0.25, 0.3) is 0 Å². The number of carbonyl (C=O) groups is 2. The minimum Gasteiger partial charge on any atom is -0.353 e. The molecule has 120 valence electrons. The number of piperidine rings is 1. The van der Waals surface area contributed by atoms with Crippen molar-refractivity contribution in [2.24, 2.45) is 5.92 Å². The van der Waals surface area contributed by atoms with E-state index < -0.39 is 0 Å². The Morgan fingerprint density at radius 1 is 1.18 bits per heavy atom. The van der Waals surface area contributed by atoms with Gasteiger partial charge in [0.1, 0.15) is 0 Å². The molecule has 1 aromatic rings. The van der Waals surface area contributed by atoms with Crippen LogP contribution in [0.4, 0.5) is 0 Å². The van der Waals surface area contributed by atoms with Crippen LogP contribution in [-0.2, 0) is 16.0 Å². The summed E-state index contributed by atoms with van der Waals surface area (Å²) < 4.78 is 0. The third-order valence-corrected chi connectivity index (χ3v) is 5.67. The van der Waals surface area contributed by atoms with Crippen LogP contribution in [0.2, 0.25) is 0 Å². The van der Waals surface area contributed by atoms with Gasteiger partial charge in [-0.3, -0.25) is 9.59 Å². The van der Waals surface area contributed by atoms with Gasteiger partial charge in [0.05, 0.1) is 6.42 Å². The van der Waals surface area contributed by atoms with Crippen molar-refractivity contribution in [3.05, 3.63) is 22.4 Å². The lowest BCUT2D eigenvalue weighted by atomic mass is 10.0. The Morgan fingerprint density at radius 3 is 2.55 bits per heavy atom. The van der Waals surface area contributed by atoms with Crippen molar-refractivity contribution in [1.82, 2.24) is 10.2 Å². The van der Waals surface area contributed by atoms with E-state index in [9.17, 15) is 9.59 Å². The van der Waals surface area contributed by atoms with E-state index >= 15 is 0 Å². The first-order valence-corrected chi connectivity index (χ1v) is 9.21. The lowest BCUT2D eigenvalue weighted by Crippen LogP contribution is -2.48. The van der Waals surface area contributed by atoms with Crippen LogP contribution in [0.15, 0.2) is 17.5 Å². The van der Waals surface area contributed by atoms with Crippen LogP contribution in [0.25, 0.3) is 0 Å². The van der Waals surface area contributed by atoms with Gasteiger partial charge >= 0.3 is 0 Å². The maximum Gasteiger partial charge on any atom is 0.225 e. The number of hydrogen-bond donors (Lipinski definition) is 1. The fourth-order valence-corrected chi connectivity index (χ4v) is 4.23. The van der Waals surface area contributed by atoms with E-state index in [1.165, 1.54) is 12.8 Å². The summed E-state index contributed by atoms with van der Waals surface area (Å²) in [5.41, 5.74) is 0. The largest absolute Gasteiger partial charge is 0.353 e. The molecule has 1 aromatic heterocycles. The molecule has 0 bridgehead atoms. The summed E-state index contributed by atoms with van der Waals surface area (Å²) in [6.07, 6.45) is 6.77. The number of rotatable bonds is 4. The highest BCUT2D eigenvalue weighted by atomic mass is 32.1. The molecule has 4 nitrogen and oxygen atoms in total. The molecule has 0 aromatic carbocycles. The van der Waals surface area contributed by atoms with Gasteiger partial charge in [-0.25, -0.2) is 0 Å². The standard InChI is InChI=1S/C17H24N2O2S/c20-16(12-15-6-3-11-22-15)18-14-7-9-19(10-8-14)17(21)13-4-1-2-5-13/h3,6,11,13-14H,1-2,4-5,7-10,12H2,(H,18,20). The number of likely N-dealkylation sites (tertiary alicyclic amines) is 1. The average Bonchev–Trinajstić information content (AvgIpc) is 3.20. The van der Waals surface area contributed by atoms with Crippen LogP contribution < -0.4 is 5.32 Å². The zero-order chi connectivity index (χ0) is 15.4. The SMILES string of the molecule is O=C(Cc1cccs1)NC1CCN(C(=O)C2CCCC2)CC1. The quantitative estimate of drug-likeness (QED) is 0.927. The molecule has 1 N–H and O–H groups in total. The van der Waals surface area contributed by atoms with Crippen LogP contribution in [-0.4, -0.2) is 35.8 Å². The van der Waals surface area contributed by atoms with E-state index in [0.29, 0.717) is 12.3 Å². The molecule has 0 unspecified atom stereocenters. The molecule has 5 heteroatoms. The molecule has 1 saturated heterocycles. The maximum atomic E-state index is 12.4. The molecular weight excluding hydrogens is 296 g/mol. The first-order valence-electron chi connectivity index (χ1n) is 8.33. The van der Waals surface area contributed by atoms with Crippen molar-refractivity contribution in [3.8, 4) is 0 Å². The van der Waals surface area contributed by atoms with Gasteiger partial charge in [-0.2, -0.15) is 0 Å². The smallest absolute Gasteiger partial charge is 0.225 e. The number of hydrogen-bond acceptors (Lipinski definition) is 3. The Morgan fingerprint density at radius 2 is 1.91 bits per heavy atom. The van der Waals surface area contributed by atoms with Gasteiger partial charge in [0.2, 0.25) is 11.8 Å². The first kappa shape index (κ1) is 15.5. The maximum absolute atomic E-state index is 12.4. The van der Waals surface area contributed by atoms with Crippen molar-refractivity contribution in [2.75, 3.05) is 13.1 Å². The fourth-order valence-electron chi connectivity index (χ4n) is 3.53. The van der Waals surface area contributed by atoms with Gasteiger partial charge in [0.15, 0.2) is 0 Å². The monoisotopic (exact) mass is 320 g/mol. The minimum absolute atomic E-state index is 0.100. The van der Waals surface area contributed by atoms with E-state index in [1.807, 2.05) is 22.4 Å². The highest BCUT2D eigenvalue weighted by molar-refractivity contribution is 7.10. The topological polar surface area (TPSA) is 49.4 Å². The molecule has 1 saturated carbocycles. The molecule has 2 amide bonds. The third-order valence-electron chi connectivity index (χ3n) is 4.79. The van der Waals surface area contributed by atoms with Gasteiger partial charge in [-0.1, -0.05) is 18.9 Å². The second kappa shape index (κ2) is 7.27. The summed E-state index contributed by atoms with van der Waals surface area (Å²) in [5.74, 6) is 0.717. The third kappa shape index (κ3) is 3.88. The van der Waals surface area contributed by atoms with Crippen molar-refractivity contribution < 1.29 is 9.59 Å². The van der Waals surface area contributed by atoms with Crippen LogP contribution in [0.5, 0.6) is 0 Å². The highest BCUT2D eigenvalue weighted by Gasteiger charge is 2.30. The zero-order valence-electron chi connectivity index (χ0n) is 12.9. The van der Waals surface area contributed by atoms with Crippen molar-refractivity contribution >= 4 is 23.2 Å². The van der Waals surface area contributed by atoms with E-state index in [2.05, 4.69) is 5.32 Å². The Kier molecular flexibility index (Phi) is 5.13. The molecule has 22 heavy (non-hydrogen) atoms. The number of nitrogens with zero attached hydrogens (tertiary/aromatic N) is 1. The Labute approximate surface area is 135 Å². The molecule has 2 heterocycles. The molecule has 1 aliphatic carbocycles. The van der Waals surface area contributed by atoms with Crippen LogP contribution in [0.3, 0.4) is 0 Å². The van der Waals surface area contributed by atoms with Crippen LogP contribution in [0, 0.1) is 5.92 Å². The lowest BCUT2D eigenvalue weighted by molar-refractivity contribution is -0.136. The van der Waals surface area contributed by atoms with Gasteiger partial charge in [-0.15, -0.1) is 11.3 Å². The molecule has 1 aliphatic heterocycles. The summed E-state index contributed by atoms with van der Waals surface area (Å²) >= 11 is 1.62. The molecule has 2 aliphatic rings. The zero-order valence-corrected chi connectivity index (χ0v) is 13.7. The molecule has 0 radical (unpaired) electrons. The highest BCUT2D eigenvalue weighted by Crippen LogP contribution is 2.27. The summed E-state index contributed by atoms with van der Waals surface area (Å²) in [5, 5.41) is 5.11. The Balaban J connectivity index is 1.41. The summed E-state index contributed by atoms with van der Waals surface area (Å²) in [4.78, 5) is 27.5. The minimum atomic E-state index is 0.100.